The maximum absolute atomic E-state index is 12.5. The molecule has 148 valence electrons. The second-order valence-electron chi connectivity index (χ2n) is 6.55. The highest BCUT2D eigenvalue weighted by Crippen LogP contribution is 2.27. The number of furan rings is 1. The fourth-order valence-corrected chi connectivity index (χ4v) is 3.97. The van der Waals surface area contributed by atoms with Crippen molar-refractivity contribution in [1.82, 2.24) is 19.8 Å². The number of hydrogen-bond acceptors (Lipinski definition) is 6. The normalized spacial score (nSPS) is 11.1. The number of aromatic nitrogens is 4. The van der Waals surface area contributed by atoms with Crippen molar-refractivity contribution in [3.63, 3.8) is 0 Å². The van der Waals surface area contributed by atoms with Crippen LogP contribution in [0.3, 0.4) is 0 Å². The van der Waals surface area contributed by atoms with Gasteiger partial charge in [0.1, 0.15) is 10.8 Å². The largest absolute Gasteiger partial charge is 0.451 e. The van der Waals surface area contributed by atoms with Gasteiger partial charge in [0.25, 0.3) is 5.91 Å². The zero-order chi connectivity index (χ0) is 20.7. The summed E-state index contributed by atoms with van der Waals surface area (Å²) in [6, 6.07) is 18.1. The maximum atomic E-state index is 12.5. The molecule has 7 nitrogen and oxygen atoms in total. The molecule has 0 spiro atoms. The molecule has 0 saturated carbocycles. The molecule has 0 aliphatic heterocycles. The zero-order valence-corrected chi connectivity index (χ0v) is 17.2. The lowest BCUT2D eigenvalue weighted by Gasteiger charge is -2.04. The van der Waals surface area contributed by atoms with Gasteiger partial charge in [-0.2, -0.15) is 9.61 Å². The van der Waals surface area contributed by atoms with E-state index in [9.17, 15) is 4.79 Å². The number of amides is 1. The van der Waals surface area contributed by atoms with Crippen LogP contribution in [0.1, 0.15) is 16.4 Å². The lowest BCUT2D eigenvalue weighted by molar-refractivity contribution is 0.0997. The molecular formula is C21H14ClN5O2S. The Balaban J connectivity index is 1.31. The standard InChI is InChI=1S/C21H14ClN5O2S/c1-12-24-25-21-27(12)26-20(30-21)14-4-8-16(9-5-14)23-19(28)18-11-10-17(29-18)13-2-6-15(22)7-3-13/h2-11H,1H3,(H,23,28). The van der Waals surface area contributed by atoms with Crippen LogP contribution in [0.4, 0.5) is 5.69 Å². The van der Waals surface area contributed by atoms with Crippen LogP contribution in [0.15, 0.2) is 65.1 Å². The molecule has 0 radical (unpaired) electrons. The van der Waals surface area contributed by atoms with E-state index in [1.165, 1.54) is 11.3 Å². The molecule has 1 amide bonds. The Bertz CT molecular complexity index is 1350. The monoisotopic (exact) mass is 435 g/mol. The summed E-state index contributed by atoms with van der Waals surface area (Å²) >= 11 is 7.37. The Labute approximate surface area is 179 Å². The van der Waals surface area contributed by atoms with Gasteiger partial charge in [-0.1, -0.05) is 22.9 Å². The van der Waals surface area contributed by atoms with Gasteiger partial charge in [0, 0.05) is 21.8 Å². The highest BCUT2D eigenvalue weighted by Gasteiger charge is 2.14. The zero-order valence-electron chi connectivity index (χ0n) is 15.7. The van der Waals surface area contributed by atoms with E-state index in [1.807, 2.05) is 43.3 Å². The molecule has 2 aromatic carbocycles. The van der Waals surface area contributed by atoms with Gasteiger partial charge in [-0.15, -0.1) is 10.2 Å². The molecule has 0 aliphatic rings. The summed E-state index contributed by atoms with van der Waals surface area (Å²) in [5.41, 5.74) is 2.45. The van der Waals surface area contributed by atoms with Crippen LogP contribution in [-0.2, 0) is 0 Å². The molecule has 1 N–H and O–H groups in total. The van der Waals surface area contributed by atoms with Crippen LogP contribution in [0.5, 0.6) is 0 Å². The summed E-state index contributed by atoms with van der Waals surface area (Å²) in [5.74, 6) is 1.25. The molecule has 30 heavy (non-hydrogen) atoms. The van der Waals surface area contributed by atoms with Gasteiger partial charge >= 0.3 is 0 Å². The van der Waals surface area contributed by atoms with Crippen molar-refractivity contribution in [3.8, 4) is 21.9 Å². The van der Waals surface area contributed by atoms with Crippen LogP contribution >= 0.6 is 22.9 Å². The molecular weight excluding hydrogens is 422 g/mol. The van der Waals surface area contributed by atoms with Crippen molar-refractivity contribution in [2.75, 3.05) is 5.32 Å². The summed E-state index contributed by atoms with van der Waals surface area (Å²) in [6.07, 6.45) is 0. The smallest absolute Gasteiger partial charge is 0.291 e. The third kappa shape index (κ3) is 3.47. The van der Waals surface area contributed by atoms with Crippen LogP contribution in [0.2, 0.25) is 5.02 Å². The van der Waals surface area contributed by atoms with Crippen molar-refractivity contribution in [3.05, 3.63) is 77.3 Å². The molecule has 0 atom stereocenters. The average Bonchev–Trinajstić information content (AvgIpc) is 3.47. The second kappa shape index (κ2) is 7.40. The van der Waals surface area contributed by atoms with E-state index in [1.54, 1.807) is 28.8 Å². The number of halogens is 1. The number of anilines is 1. The Morgan fingerprint density at radius 2 is 1.73 bits per heavy atom. The number of nitrogens with one attached hydrogen (secondary N) is 1. The first-order valence-electron chi connectivity index (χ1n) is 9.03. The van der Waals surface area contributed by atoms with E-state index < -0.39 is 0 Å². The number of benzene rings is 2. The highest BCUT2D eigenvalue weighted by atomic mass is 35.5. The quantitative estimate of drug-likeness (QED) is 0.412. The van der Waals surface area contributed by atoms with Crippen molar-refractivity contribution in [2.24, 2.45) is 0 Å². The van der Waals surface area contributed by atoms with Gasteiger partial charge in [0.15, 0.2) is 11.6 Å². The first kappa shape index (κ1) is 18.5. The molecule has 0 fully saturated rings. The van der Waals surface area contributed by atoms with Gasteiger partial charge in [-0.3, -0.25) is 4.79 Å². The molecule has 0 saturated heterocycles. The molecule has 5 aromatic rings. The van der Waals surface area contributed by atoms with Crippen LogP contribution in [-0.4, -0.2) is 25.7 Å². The van der Waals surface area contributed by atoms with Gasteiger partial charge < -0.3 is 9.73 Å². The Morgan fingerprint density at radius 1 is 1.00 bits per heavy atom. The van der Waals surface area contributed by atoms with E-state index in [2.05, 4.69) is 20.6 Å². The fourth-order valence-electron chi connectivity index (χ4n) is 2.95. The maximum Gasteiger partial charge on any atom is 0.291 e. The number of rotatable bonds is 4. The summed E-state index contributed by atoms with van der Waals surface area (Å²) in [6.45, 7) is 1.86. The number of nitrogens with zero attached hydrogens (tertiary/aromatic N) is 4. The minimum atomic E-state index is -0.322. The van der Waals surface area contributed by atoms with E-state index >= 15 is 0 Å². The summed E-state index contributed by atoms with van der Waals surface area (Å²) in [5, 5.41) is 16.9. The van der Waals surface area contributed by atoms with E-state index in [0.29, 0.717) is 16.5 Å². The summed E-state index contributed by atoms with van der Waals surface area (Å²) < 4.78 is 7.41. The second-order valence-corrected chi connectivity index (χ2v) is 7.94. The van der Waals surface area contributed by atoms with E-state index in [-0.39, 0.29) is 11.7 Å². The summed E-state index contributed by atoms with van der Waals surface area (Å²) in [4.78, 5) is 13.3. The molecule has 5 rings (SSSR count). The summed E-state index contributed by atoms with van der Waals surface area (Å²) in [7, 11) is 0. The minimum Gasteiger partial charge on any atom is -0.451 e. The topological polar surface area (TPSA) is 85.3 Å². The third-order valence-corrected chi connectivity index (χ3v) is 5.69. The highest BCUT2D eigenvalue weighted by molar-refractivity contribution is 7.19. The number of carbonyl (C=O) groups is 1. The van der Waals surface area contributed by atoms with Crippen molar-refractivity contribution < 1.29 is 9.21 Å². The number of aryl methyl sites for hydroxylation is 1. The molecule has 3 heterocycles. The van der Waals surface area contributed by atoms with Gasteiger partial charge in [0.05, 0.1) is 0 Å². The Hall–Kier alpha value is -3.49. The van der Waals surface area contributed by atoms with Crippen LogP contribution < -0.4 is 5.32 Å². The van der Waals surface area contributed by atoms with Crippen molar-refractivity contribution >= 4 is 39.5 Å². The van der Waals surface area contributed by atoms with Crippen molar-refractivity contribution in [2.45, 2.75) is 6.92 Å². The lowest BCUT2D eigenvalue weighted by Crippen LogP contribution is -2.10. The van der Waals surface area contributed by atoms with Crippen LogP contribution in [0, 0.1) is 6.92 Å². The predicted molar refractivity (Wildman–Crippen MR) is 116 cm³/mol. The molecule has 0 bridgehead atoms. The first-order chi connectivity index (χ1) is 14.6. The molecule has 0 aliphatic carbocycles. The predicted octanol–water partition coefficient (Wildman–Crippen LogP) is 5.33. The van der Waals surface area contributed by atoms with Crippen molar-refractivity contribution in [1.29, 1.82) is 0 Å². The van der Waals surface area contributed by atoms with Gasteiger partial charge in [0.2, 0.25) is 4.96 Å². The average molecular weight is 436 g/mol. The fraction of sp³-hybridized carbons (Fsp3) is 0.0476. The van der Waals surface area contributed by atoms with Crippen LogP contribution in [0.25, 0.3) is 26.9 Å². The SMILES string of the molecule is Cc1nnc2sc(-c3ccc(NC(=O)c4ccc(-c5ccc(Cl)cc5)o4)cc3)nn12. The van der Waals surface area contributed by atoms with Gasteiger partial charge in [-0.25, -0.2) is 0 Å². The number of hydrogen-bond donors (Lipinski definition) is 1. The Morgan fingerprint density at radius 3 is 2.47 bits per heavy atom. The first-order valence-corrected chi connectivity index (χ1v) is 10.2. The molecule has 3 aromatic heterocycles. The molecule has 0 unspecified atom stereocenters. The lowest BCUT2D eigenvalue weighted by atomic mass is 10.2. The Kier molecular flexibility index (Phi) is 4.57. The third-order valence-electron chi connectivity index (χ3n) is 4.50. The molecule has 9 heteroatoms. The number of fused-ring (bicyclic) bond motifs is 1. The number of carbonyl (C=O) groups excluding carboxylic acids is 1. The van der Waals surface area contributed by atoms with E-state index in [0.717, 1.165) is 26.9 Å². The minimum absolute atomic E-state index is 0.230. The van der Waals surface area contributed by atoms with Gasteiger partial charge in [-0.05, 0) is 67.6 Å². The van der Waals surface area contributed by atoms with E-state index in [4.69, 9.17) is 16.0 Å².